The third-order valence-corrected chi connectivity index (χ3v) is 2.66. The molecule has 5 nitrogen and oxygen atoms in total. The molecule has 0 spiro atoms. The lowest BCUT2D eigenvalue weighted by Gasteiger charge is -2.15. The minimum absolute atomic E-state index is 0.112. The van der Waals surface area contributed by atoms with Crippen molar-refractivity contribution in [2.45, 2.75) is 19.1 Å². The Kier molecular flexibility index (Phi) is 4.19. The maximum absolute atomic E-state index is 5.81. The Balaban J connectivity index is 2.09. The first-order valence-corrected chi connectivity index (χ1v) is 5.56. The summed E-state index contributed by atoms with van der Waals surface area (Å²) in [5.74, 6) is 6.45. The van der Waals surface area contributed by atoms with E-state index in [4.69, 9.17) is 20.1 Å². The second-order valence-corrected chi connectivity index (χ2v) is 3.90. The molecule has 5 heteroatoms. The Hall–Kier alpha value is -1.30. The van der Waals surface area contributed by atoms with Gasteiger partial charge < -0.3 is 14.2 Å². The van der Waals surface area contributed by atoms with Gasteiger partial charge in [0.2, 0.25) is 0 Å². The van der Waals surface area contributed by atoms with E-state index >= 15 is 0 Å². The first kappa shape index (κ1) is 12.2. The molecule has 0 aromatic heterocycles. The van der Waals surface area contributed by atoms with Crippen molar-refractivity contribution in [2.24, 2.45) is 5.90 Å². The summed E-state index contributed by atoms with van der Waals surface area (Å²) in [6, 6.07) is 5.63. The van der Waals surface area contributed by atoms with Crippen molar-refractivity contribution in [3.05, 3.63) is 23.8 Å². The summed E-state index contributed by atoms with van der Waals surface area (Å²) < 4.78 is 16.4. The quantitative estimate of drug-likeness (QED) is 0.783. The van der Waals surface area contributed by atoms with Gasteiger partial charge in [0.1, 0.15) is 6.10 Å². The number of hydrogen-bond acceptors (Lipinski definition) is 5. The summed E-state index contributed by atoms with van der Waals surface area (Å²) >= 11 is 0. The van der Waals surface area contributed by atoms with Gasteiger partial charge in [-0.15, -0.1) is 0 Å². The van der Waals surface area contributed by atoms with Crippen LogP contribution in [0.2, 0.25) is 0 Å². The van der Waals surface area contributed by atoms with Crippen LogP contribution in [0.25, 0.3) is 0 Å². The van der Waals surface area contributed by atoms with E-state index in [2.05, 4.69) is 4.84 Å². The highest BCUT2D eigenvalue weighted by Gasteiger charge is 2.19. The van der Waals surface area contributed by atoms with Gasteiger partial charge in [-0.05, 0) is 17.7 Å². The van der Waals surface area contributed by atoms with Crippen LogP contribution in [0.3, 0.4) is 0 Å². The van der Waals surface area contributed by atoms with E-state index in [-0.39, 0.29) is 6.10 Å². The number of hydrogen-bond donors (Lipinski definition) is 1. The number of benzene rings is 1. The topological polar surface area (TPSA) is 62.9 Å². The predicted octanol–water partition coefficient (Wildman–Crippen LogP) is 1.25. The lowest BCUT2D eigenvalue weighted by Crippen LogP contribution is -2.16. The van der Waals surface area contributed by atoms with E-state index in [1.807, 2.05) is 18.2 Å². The molecule has 1 aliphatic rings. The van der Waals surface area contributed by atoms with Crippen molar-refractivity contribution in [1.82, 2.24) is 0 Å². The molecule has 0 bridgehead atoms. The zero-order valence-electron chi connectivity index (χ0n) is 9.85. The molecule has 2 N–H and O–H groups in total. The minimum Gasteiger partial charge on any atom is -0.493 e. The Morgan fingerprint density at radius 1 is 1.41 bits per heavy atom. The molecule has 1 aromatic carbocycles. The molecule has 0 saturated carbocycles. The van der Waals surface area contributed by atoms with Gasteiger partial charge in [0, 0.05) is 6.42 Å². The third-order valence-electron chi connectivity index (χ3n) is 2.66. The van der Waals surface area contributed by atoms with Gasteiger partial charge in [0.25, 0.3) is 0 Å². The smallest absolute Gasteiger partial charge is 0.161 e. The van der Waals surface area contributed by atoms with E-state index < -0.39 is 0 Å². The first-order valence-electron chi connectivity index (χ1n) is 5.56. The van der Waals surface area contributed by atoms with Crippen LogP contribution in [0.5, 0.6) is 11.5 Å². The highest BCUT2D eigenvalue weighted by Crippen LogP contribution is 2.30. The van der Waals surface area contributed by atoms with Crippen molar-refractivity contribution < 1.29 is 19.0 Å². The Labute approximate surface area is 100 Å². The standard InChI is InChI=1S/C12H17NO4/c1-14-12-6-9(7-16-13)2-3-11(12)17-10-4-5-15-8-10/h2-3,6,10H,4-5,7-8,13H2,1H3. The summed E-state index contributed by atoms with van der Waals surface area (Å²) in [6.07, 6.45) is 1.03. The van der Waals surface area contributed by atoms with Gasteiger partial charge in [-0.1, -0.05) is 6.07 Å². The lowest BCUT2D eigenvalue weighted by molar-refractivity contribution is 0.123. The zero-order valence-corrected chi connectivity index (χ0v) is 9.85. The monoisotopic (exact) mass is 239 g/mol. The average molecular weight is 239 g/mol. The molecule has 2 rings (SSSR count). The third kappa shape index (κ3) is 3.09. The number of ether oxygens (including phenoxy) is 3. The molecule has 0 radical (unpaired) electrons. The fourth-order valence-electron chi connectivity index (χ4n) is 1.78. The van der Waals surface area contributed by atoms with Crippen LogP contribution in [0.15, 0.2) is 18.2 Å². The molecule has 1 atom stereocenters. The van der Waals surface area contributed by atoms with Gasteiger partial charge in [-0.25, -0.2) is 5.90 Å². The molecule has 1 fully saturated rings. The summed E-state index contributed by atoms with van der Waals surface area (Å²) in [4.78, 5) is 4.58. The molecule has 1 heterocycles. The van der Waals surface area contributed by atoms with E-state index in [9.17, 15) is 0 Å². The molecule has 1 unspecified atom stereocenters. The van der Waals surface area contributed by atoms with Gasteiger partial charge in [0.05, 0.1) is 26.9 Å². The van der Waals surface area contributed by atoms with Crippen LogP contribution in [-0.4, -0.2) is 26.4 Å². The zero-order chi connectivity index (χ0) is 12.1. The Morgan fingerprint density at radius 3 is 2.94 bits per heavy atom. The van der Waals surface area contributed by atoms with Gasteiger partial charge >= 0.3 is 0 Å². The largest absolute Gasteiger partial charge is 0.493 e. The van der Waals surface area contributed by atoms with Crippen molar-refractivity contribution in [3.8, 4) is 11.5 Å². The summed E-state index contributed by atoms with van der Waals surface area (Å²) in [6.45, 7) is 1.74. The number of methoxy groups -OCH3 is 1. The van der Waals surface area contributed by atoms with Crippen LogP contribution >= 0.6 is 0 Å². The maximum Gasteiger partial charge on any atom is 0.161 e. The van der Waals surface area contributed by atoms with Gasteiger partial charge in [0.15, 0.2) is 11.5 Å². The second-order valence-electron chi connectivity index (χ2n) is 3.90. The molecule has 0 amide bonds. The summed E-state index contributed by atoms with van der Waals surface area (Å²) in [5, 5.41) is 0. The molecule has 0 aliphatic carbocycles. The summed E-state index contributed by atoms with van der Waals surface area (Å²) in [7, 11) is 1.61. The highest BCUT2D eigenvalue weighted by atomic mass is 16.6. The van der Waals surface area contributed by atoms with Crippen molar-refractivity contribution in [1.29, 1.82) is 0 Å². The molecular weight excluding hydrogens is 222 g/mol. The number of nitrogens with two attached hydrogens (primary N) is 1. The minimum atomic E-state index is 0.112. The number of rotatable bonds is 5. The first-order chi connectivity index (χ1) is 8.33. The van der Waals surface area contributed by atoms with E-state index in [1.165, 1.54) is 0 Å². The second kappa shape index (κ2) is 5.86. The molecule has 1 aliphatic heterocycles. The van der Waals surface area contributed by atoms with Crippen LogP contribution in [0, 0.1) is 0 Å². The SMILES string of the molecule is COc1cc(CON)ccc1OC1CCOC1. The molecule has 1 aromatic rings. The van der Waals surface area contributed by atoms with Crippen LogP contribution in [-0.2, 0) is 16.2 Å². The molecule has 17 heavy (non-hydrogen) atoms. The highest BCUT2D eigenvalue weighted by molar-refractivity contribution is 5.43. The van der Waals surface area contributed by atoms with Crippen molar-refractivity contribution in [3.63, 3.8) is 0 Å². The van der Waals surface area contributed by atoms with Gasteiger partial charge in [-0.3, -0.25) is 4.84 Å². The van der Waals surface area contributed by atoms with Crippen LogP contribution in [0.1, 0.15) is 12.0 Å². The molecular formula is C12H17NO4. The van der Waals surface area contributed by atoms with Crippen molar-refractivity contribution in [2.75, 3.05) is 20.3 Å². The van der Waals surface area contributed by atoms with E-state index in [0.29, 0.717) is 19.0 Å². The average Bonchev–Trinajstić information content (AvgIpc) is 2.84. The van der Waals surface area contributed by atoms with E-state index in [1.54, 1.807) is 7.11 Å². The van der Waals surface area contributed by atoms with Crippen LogP contribution < -0.4 is 15.4 Å². The van der Waals surface area contributed by atoms with E-state index in [0.717, 1.165) is 24.3 Å². The Bertz CT molecular complexity index is 364. The lowest BCUT2D eigenvalue weighted by atomic mass is 10.2. The van der Waals surface area contributed by atoms with Crippen molar-refractivity contribution >= 4 is 0 Å². The molecule has 1 saturated heterocycles. The Morgan fingerprint density at radius 2 is 2.29 bits per heavy atom. The normalized spacial score (nSPS) is 19.3. The van der Waals surface area contributed by atoms with Crippen LogP contribution in [0.4, 0.5) is 0 Å². The summed E-state index contributed by atoms with van der Waals surface area (Å²) in [5.41, 5.74) is 0.944. The van der Waals surface area contributed by atoms with Gasteiger partial charge in [-0.2, -0.15) is 0 Å². The molecule has 94 valence electrons. The predicted molar refractivity (Wildman–Crippen MR) is 61.8 cm³/mol. The fourth-order valence-corrected chi connectivity index (χ4v) is 1.78. The fraction of sp³-hybridized carbons (Fsp3) is 0.500. The maximum atomic E-state index is 5.81.